The predicted octanol–water partition coefficient (Wildman–Crippen LogP) is 8.10. The Bertz CT molecular complexity index is 2550. The van der Waals surface area contributed by atoms with Crippen LogP contribution >= 0.6 is 11.6 Å². The lowest BCUT2D eigenvalue weighted by Gasteiger charge is -2.51. The van der Waals surface area contributed by atoms with Gasteiger partial charge in [-0.25, -0.2) is 9.59 Å². The Kier molecular flexibility index (Phi) is 20.4. The lowest BCUT2D eigenvalue weighted by molar-refractivity contribution is -0.938. The summed E-state index contributed by atoms with van der Waals surface area (Å²) in [5, 5.41) is 6.70. The zero-order valence-electron chi connectivity index (χ0n) is 39.4. The molecule has 4 atom stereocenters. The number of esters is 2. The molecule has 6 aromatic carbocycles. The first-order valence-corrected chi connectivity index (χ1v) is 24.7. The van der Waals surface area contributed by atoms with Crippen molar-refractivity contribution in [3.05, 3.63) is 204 Å². The van der Waals surface area contributed by atoms with Crippen LogP contribution in [-0.2, 0) is 19.1 Å². The van der Waals surface area contributed by atoms with Gasteiger partial charge >= 0.3 is 11.9 Å². The third kappa shape index (κ3) is 14.9. The summed E-state index contributed by atoms with van der Waals surface area (Å²) in [6, 6.07) is 56.6. The number of fused-ring (bicyclic) bond motifs is 6. The topological polar surface area (TPSA) is 114 Å². The van der Waals surface area contributed by atoms with Crippen molar-refractivity contribution in [1.29, 1.82) is 0 Å². The number of nitrogens with zero attached hydrogens (tertiary/aromatic N) is 2. The molecule has 0 aromatic heterocycles. The number of carbonyl (C=O) groups excluding carboxylic acids is 4. The van der Waals surface area contributed by atoms with Crippen molar-refractivity contribution in [2.24, 2.45) is 11.8 Å². The van der Waals surface area contributed by atoms with Crippen LogP contribution in [0.4, 0.5) is 11.4 Å². The number of rotatable bonds is 15. The fraction of sp³-hybridized carbons (Fsp3) is 0.322. The van der Waals surface area contributed by atoms with Gasteiger partial charge in [-0.1, -0.05) is 165 Å². The molecule has 0 unspecified atom stereocenters. The summed E-state index contributed by atoms with van der Waals surface area (Å²) in [5.41, 5.74) is 5.03. The Balaban J connectivity index is 0.000000195. The third-order valence-corrected chi connectivity index (χ3v) is 14.1. The number of para-hydroxylation sites is 2. The molecule has 0 saturated carbocycles. The molecule has 12 heteroatoms. The number of ether oxygens (including phenoxy) is 2. The maximum Gasteiger partial charge on any atom is 0.333 e. The van der Waals surface area contributed by atoms with E-state index in [-0.39, 0.29) is 61.4 Å². The van der Waals surface area contributed by atoms with Crippen LogP contribution in [0.15, 0.2) is 182 Å². The van der Waals surface area contributed by atoms with Gasteiger partial charge in [0.2, 0.25) is 5.78 Å². The van der Waals surface area contributed by atoms with Gasteiger partial charge in [0, 0.05) is 47.8 Å². The molecule has 6 saturated heterocycles. The van der Waals surface area contributed by atoms with Crippen molar-refractivity contribution in [1.82, 2.24) is 4.90 Å². The van der Waals surface area contributed by atoms with Crippen molar-refractivity contribution >= 4 is 46.5 Å². The van der Waals surface area contributed by atoms with Crippen LogP contribution in [0.2, 0.25) is 0 Å². The van der Waals surface area contributed by atoms with E-state index in [1.54, 1.807) is 12.1 Å². The molecule has 372 valence electrons. The van der Waals surface area contributed by atoms with Crippen molar-refractivity contribution in [2.45, 2.75) is 57.4 Å². The number of quaternary nitrogens is 1. The SMILES string of the molecule is C.O=C(CCl)c1ccccc1.O=C(C[N+]12CCC(CC1)[C@@H](OC(=O)[C@H](Nc1ccccc1)c1ccccc1)C2)c1ccccc1.O=C(O[C@H]1CN2CCC1CC2)[C@H](Nc1ccccc1)c1ccccc1.[Cl-]. The molecule has 6 heterocycles. The third-order valence-electron chi connectivity index (χ3n) is 13.9. The van der Waals surface area contributed by atoms with E-state index in [0.717, 1.165) is 86.5 Å². The molecule has 0 radical (unpaired) electrons. The molecule has 6 aliphatic rings. The van der Waals surface area contributed by atoms with Crippen LogP contribution in [-0.4, -0.2) is 96.8 Å². The number of hydrogen-bond acceptors (Lipinski definition) is 9. The lowest BCUT2D eigenvalue weighted by Crippen LogP contribution is -3.00. The minimum Gasteiger partial charge on any atom is -1.00 e. The summed E-state index contributed by atoms with van der Waals surface area (Å²) in [4.78, 5) is 52.7. The molecule has 0 spiro atoms. The molecule has 4 bridgehead atoms. The summed E-state index contributed by atoms with van der Waals surface area (Å²) >= 11 is 5.34. The Hall–Kier alpha value is -6.30. The average molecular weight is 998 g/mol. The second-order valence-corrected chi connectivity index (χ2v) is 18.7. The summed E-state index contributed by atoms with van der Waals surface area (Å²) in [5.74, 6) is 0.631. The zero-order chi connectivity index (χ0) is 47.8. The fourth-order valence-electron chi connectivity index (χ4n) is 10.0. The molecule has 12 rings (SSSR count). The van der Waals surface area contributed by atoms with Gasteiger partial charge in [0.25, 0.3) is 0 Å². The number of benzene rings is 6. The van der Waals surface area contributed by atoms with Gasteiger partial charge in [-0.3, -0.25) is 14.5 Å². The minimum absolute atomic E-state index is 0. The molecule has 2 N–H and O–H groups in total. The number of alkyl halides is 1. The van der Waals surface area contributed by atoms with Gasteiger partial charge in [0.05, 0.1) is 19.0 Å². The van der Waals surface area contributed by atoms with E-state index in [9.17, 15) is 19.2 Å². The second-order valence-electron chi connectivity index (χ2n) is 18.5. The number of carbonyl (C=O) groups is 4. The molecule has 10 nitrogen and oxygen atoms in total. The monoisotopic (exact) mass is 996 g/mol. The summed E-state index contributed by atoms with van der Waals surface area (Å²) in [7, 11) is 0. The van der Waals surface area contributed by atoms with E-state index in [2.05, 4.69) is 15.5 Å². The highest BCUT2D eigenvalue weighted by molar-refractivity contribution is 6.30. The van der Waals surface area contributed by atoms with E-state index in [4.69, 9.17) is 21.1 Å². The zero-order valence-corrected chi connectivity index (χ0v) is 40.9. The van der Waals surface area contributed by atoms with E-state index in [1.165, 1.54) is 0 Å². The van der Waals surface area contributed by atoms with Crippen LogP contribution < -0.4 is 23.0 Å². The number of anilines is 2. The van der Waals surface area contributed by atoms with E-state index < -0.39 is 12.1 Å². The van der Waals surface area contributed by atoms with Crippen molar-refractivity contribution in [3.63, 3.8) is 0 Å². The Labute approximate surface area is 430 Å². The highest BCUT2D eigenvalue weighted by Crippen LogP contribution is 2.37. The molecule has 0 aliphatic carbocycles. The fourth-order valence-corrected chi connectivity index (χ4v) is 10.2. The van der Waals surface area contributed by atoms with Gasteiger partial charge in [0.1, 0.15) is 19.2 Å². The Morgan fingerprint density at radius 3 is 1.32 bits per heavy atom. The van der Waals surface area contributed by atoms with Gasteiger partial charge in [0.15, 0.2) is 24.0 Å². The van der Waals surface area contributed by atoms with Crippen LogP contribution in [0.3, 0.4) is 0 Å². The lowest BCUT2D eigenvalue weighted by atomic mass is 9.82. The first kappa shape index (κ1) is 54.0. The molecule has 6 aromatic rings. The van der Waals surface area contributed by atoms with Crippen molar-refractivity contribution in [2.75, 3.05) is 62.3 Å². The molecule has 71 heavy (non-hydrogen) atoms. The molecule has 6 fully saturated rings. The quantitative estimate of drug-likeness (QED) is 0.0457. The number of ketones is 2. The highest BCUT2D eigenvalue weighted by Gasteiger charge is 2.49. The van der Waals surface area contributed by atoms with E-state index in [0.29, 0.717) is 35.0 Å². The van der Waals surface area contributed by atoms with Crippen LogP contribution in [0.25, 0.3) is 0 Å². The Morgan fingerprint density at radius 1 is 0.535 bits per heavy atom. The smallest absolute Gasteiger partial charge is 0.333 e. The number of piperidine rings is 6. The minimum atomic E-state index is -0.585. The largest absolute Gasteiger partial charge is 1.00 e. The van der Waals surface area contributed by atoms with Crippen LogP contribution in [0, 0.1) is 11.8 Å². The maximum absolute atomic E-state index is 13.5. The standard InChI is InChI=1S/C29H31N2O3.C21H24N2O2.C8H7ClO.CH4.ClH/c32-26(22-10-4-1-5-11-22)20-31-18-16-23(17-19-31)27(21-31)34-29(33)28(24-12-6-2-7-13-24)30-25-14-8-3-9-15-25;24-21(25-19-15-23-13-11-16(19)12-14-23)20(17-7-3-1-4-8-17)22-18-9-5-2-6-10-18;9-6-8(10)7-4-2-1-3-5-7;;/h1-15,23,27-28,30H,16-21H2;1-10,16,19-20,22H,11-15H2;1-5H,6H2;1H4;1H/q+1;;;;/p-1/t23?,27-,28+,31?;19-,20+;;;/m00.../s1. The second kappa shape index (κ2) is 26.8. The Morgan fingerprint density at radius 2 is 0.915 bits per heavy atom. The molecular weight excluding hydrogens is 932 g/mol. The number of hydrogen-bond donors (Lipinski definition) is 2. The van der Waals surface area contributed by atoms with Crippen molar-refractivity contribution in [3.8, 4) is 0 Å². The first-order chi connectivity index (χ1) is 33.8. The number of nitrogens with one attached hydrogen (secondary N) is 2. The van der Waals surface area contributed by atoms with Gasteiger partial charge in [-0.2, -0.15) is 0 Å². The summed E-state index contributed by atoms with van der Waals surface area (Å²) in [6.07, 6.45) is 4.12. The average Bonchev–Trinajstić information content (AvgIpc) is 3.41. The summed E-state index contributed by atoms with van der Waals surface area (Å²) < 4.78 is 12.9. The first-order valence-electron chi connectivity index (χ1n) is 24.2. The summed E-state index contributed by atoms with van der Waals surface area (Å²) in [6.45, 7) is 6.29. The highest BCUT2D eigenvalue weighted by atomic mass is 35.5. The maximum atomic E-state index is 13.5. The van der Waals surface area contributed by atoms with Gasteiger partial charge in [-0.15, -0.1) is 11.6 Å². The normalized spacial score (nSPS) is 22.1. The number of halogens is 2. The molecular formula is C59H66Cl2N4O6. The van der Waals surface area contributed by atoms with Crippen LogP contribution in [0.1, 0.15) is 77.0 Å². The predicted molar refractivity (Wildman–Crippen MR) is 279 cm³/mol. The van der Waals surface area contributed by atoms with Gasteiger partial charge in [-0.05, 0) is 67.2 Å². The van der Waals surface area contributed by atoms with Crippen LogP contribution in [0.5, 0.6) is 0 Å². The molecule has 6 aliphatic heterocycles. The van der Waals surface area contributed by atoms with Crippen molar-refractivity contribution < 1.29 is 45.5 Å². The van der Waals surface area contributed by atoms with E-state index >= 15 is 0 Å². The van der Waals surface area contributed by atoms with Gasteiger partial charge < -0.3 is 37.0 Å². The molecule has 0 amide bonds. The van der Waals surface area contributed by atoms with E-state index in [1.807, 2.05) is 170 Å². The number of Topliss-reactive ketones (excluding diaryl/α,β-unsaturated/α-hetero) is 2.